The third kappa shape index (κ3) is 6.63. The highest BCUT2D eigenvalue weighted by Gasteiger charge is 2.25. The van der Waals surface area contributed by atoms with Gasteiger partial charge in [-0.2, -0.15) is 0 Å². The van der Waals surface area contributed by atoms with Crippen LogP contribution in [-0.2, 0) is 22.6 Å². The third-order valence-corrected chi connectivity index (χ3v) is 6.97. The molecule has 1 aliphatic rings. The van der Waals surface area contributed by atoms with Crippen molar-refractivity contribution in [1.82, 2.24) is 19.4 Å². The number of ether oxygens (including phenoxy) is 1. The summed E-state index contributed by atoms with van der Waals surface area (Å²) in [5.41, 5.74) is 4.72. The van der Waals surface area contributed by atoms with Crippen molar-refractivity contribution in [3.63, 3.8) is 0 Å². The summed E-state index contributed by atoms with van der Waals surface area (Å²) < 4.78 is 12.4. The number of aliphatic hydroxyl groups excluding tert-OH is 1. The zero-order chi connectivity index (χ0) is 27.2. The van der Waals surface area contributed by atoms with Gasteiger partial charge in [-0.05, 0) is 74.8 Å². The lowest BCUT2D eigenvalue weighted by molar-refractivity contribution is -0.147. The van der Waals surface area contributed by atoms with Crippen LogP contribution in [0.5, 0.6) is 0 Å². The van der Waals surface area contributed by atoms with Crippen molar-refractivity contribution in [3.8, 4) is 23.3 Å². The van der Waals surface area contributed by atoms with Gasteiger partial charge < -0.3 is 18.8 Å². The predicted octanol–water partition coefficient (Wildman–Crippen LogP) is 4.42. The van der Waals surface area contributed by atoms with E-state index in [2.05, 4.69) is 51.0 Å². The number of aliphatic hydroxyl groups is 1. The first-order valence-corrected chi connectivity index (χ1v) is 13.1. The van der Waals surface area contributed by atoms with Crippen LogP contribution in [0.15, 0.2) is 71.6 Å². The van der Waals surface area contributed by atoms with E-state index in [9.17, 15) is 9.90 Å². The molecule has 200 valence electrons. The minimum atomic E-state index is -0.652. The lowest BCUT2D eigenvalue weighted by Gasteiger charge is -2.30. The number of rotatable bonds is 7. The largest absolute Gasteiger partial charge is 0.469 e. The second-order valence-corrected chi connectivity index (χ2v) is 9.83. The quantitative estimate of drug-likeness (QED) is 0.282. The van der Waals surface area contributed by atoms with Gasteiger partial charge in [0, 0.05) is 35.6 Å². The van der Waals surface area contributed by atoms with Crippen molar-refractivity contribution in [2.24, 2.45) is 5.92 Å². The van der Waals surface area contributed by atoms with E-state index in [-0.39, 0.29) is 11.9 Å². The third-order valence-electron chi connectivity index (χ3n) is 6.97. The molecule has 1 fully saturated rings. The van der Waals surface area contributed by atoms with Crippen LogP contribution in [0.25, 0.3) is 11.5 Å². The number of imidazole rings is 1. The summed E-state index contributed by atoms with van der Waals surface area (Å²) >= 11 is 0. The van der Waals surface area contributed by atoms with E-state index < -0.39 is 6.10 Å². The van der Waals surface area contributed by atoms with Crippen molar-refractivity contribution in [2.45, 2.75) is 39.0 Å². The number of benzene rings is 2. The van der Waals surface area contributed by atoms with Crippen LogP contribution in [0.1, 0.15) is 54.1 Å². The van der Waals surface area contributed by atoms with Gasteiger partial charge in [-0.25, -0.2) is 9.97 Å². The fourth-order valence-electron chi connectivity index (χ4n) is 4.79. The monoisotopic (exact) mass is 524 g/mol. The average Bonchev–Trinajstić information content (AvgIpc) is 3.63. The molecule has 5 rings (SSSR count). The van der Waals surface area contributed by atoms with Crippen LogP contribution in [0.2, 0.25) is 0 Å². The van der Waals surface area contributed by atoms with E-state index in [1.54, 1.807) is 19.4 Å². The normalized spacial score (nSPS) is 14.9. The molecule has 3 heterocycles. The van der Waals surface area contributed by atoms with Crippen molar-refractivity contribution in [1.29, 1.82) is 0 Å². The van der Waals surface area contributed by atoms with Gasteiger partial charge in [-0.1, -0.05) is 24.0 Å². The molecular weight excluding hydrogens is 492 g/mol. The number of likely N-dealkylation sites (tertiary alicyclic amines) is 1. The predicted molar refractivity (Wildman–Crippen MR) is 146 cm³/mol. The number of methoxy groups -OCH3 is 1. The van der Waals surface area contributed by atoms with E-state index in [0.717, 1.165) is 54.9 Å². The van der Waals surface area contributed by atoms with E-state index in [4.69, 9.17) is 9.15 Å². The van der Waals surface area contributed by atoms with Gasteiger partial charge in [0.15, 0.2) is 0 Å². The van der Waals surface area contributed by atoms with E-state index in [0.29, 0.717) is 18.3 Å². The Labute approximate surface area is 228 Å². The number of carbonyl (C=O) groups excluding carboxylic acids is 1. The molecule has 1 N–H and O–H groups in total. The molecule has 4 aromatic rings. The molecule has 8 nitrogen and oxygen atoms in total. The number of carbonyl (C=O) groups is 1. The fraction of sp³-hybridized carbons (Fsp3) is 0.323. The topological polar surface area (TPSA) is 93.6 Å². The Hall–Kier alpha value is -4.19. The summed E-state index contributed by atoms with van der Waals surface area (Å²) in [5.74, 6) is 7.53. The zero-order valence-electron chi connectivity index (χ0n) is 22.2. The van der Waals surface area contributed by atoms with E-state index in [1.165, 1.54) is 12.7 Å². The number of hydrogen-bond acceptors (Lipinski definition) is 7. The Morgan fingerprint density at radius 1 is 1.08 bits per heavy atom. The highest BCUT2D eigenvalue weighted by Crippen LogP contribution is 2.22. The molecule has 0 aliphatic carbocycles. The van der Waals surface area contributed by atoms with Gasteiger partial charge in [-0.3, -0.25) is 9.69 Å². The van der Waals surface area contributed by atoms with Crippen LogP contribution < -0.4 is 0 Å². The Bertz CT molecular complexity index is 1450. The molecule has 0 amide bonds. The van der Waals surface area contributed by atoms with Gasteiger partial charge in [0.2, 0.25) is 5.89 Å². The lowest BCUT2D eigenvalue weighted by Crippen LogP contribution is -2.36. The fourth-order valence-corrected chi connectivity index (χ4v) is 4.79. The zero-order valence-corrected chi connectivity index (χ0v) is 22.2. The molecular formula is C31H32N4O4. The van der Waals surface area contributed by atoms with Gasteiger partial charge >= 0.3 is 5.97 Å². The van der Waals surface area contributed by atoms with Crippen LogP contribution in [0.4, 0.5) is 0 Å². The Balaban J connectivity index is 1.15. The summed E-state index contributed by atoms with van der Waals surface area (Å²) in [6.07, 6.45) is 6.15. The molecule has 1 atom stereocenters. The summed E-state index contributed by atoms with van der Waals surface area (Å²) in [5, 5.41) is 9.85. The minimum absolute atomic E-state index is 0.0311. The Morgan fingerprint density at radius 2 is 1.74 bits per heavy atom. The minimum Gasteiger partial charge on any atom is -0.469 e. The van der Waals surface area contributed by atoms with Crippen molar-refractivity contribution in [2.75, 3.05) is 20.2 Å². The Morgan fingerprint density at radius 3 is 2.38 bits per heavy atom. The number of nitrogens with zero attached hydrogens (tertiary/aromatic N) is 4. The summed E-state index contributed by atoms with van der Waals surface area (Å²) in [6, 6.07) is 16.2. The molecule has 0 spiro atoms. The number of oxazole rings is 1. The molecule has 0 saturated carbocycles. The highest BCUT2D eigenvalue weighted by atomic mass is 16.5. The first-order valence-electron chi connectivity index (χ1n) is 13.1. The molecule has 0 unspecified atom stereocenters. The Kier molecular flexibility index (Phi) is 8.21. The summed E-state index contributed by atoms with van der Waals surface area (Å²) in [7, 11) is 1.46. The number of piperidine rings is 1. The molecule has 39 heavy (non-hydrogen) atoms. The molecule has 0 bridgehead atoms. The average molecular weight is 525 g/mol. The molecule has 0 radical (unpaired) electrons. The number of aromatic nitrogens is 3. The first-order chi connectivity index (χ1) is 19.0. The van der Waals surface area contributed by atoms with Crippen LogP contribution in [-0.4, -0.2) is 50.7 Å². The number of esters is 1. The van der Waals surface area contributed by atoms with Crippen LogP contribution in [0.3, 0.4) is 0 Å². The van der Waals surface area contributed by atoms with Crippen molar-refractivity contribution in [3.05, 3.63) is 95.4 Å². The van der Waals surface area contributed by atoms with Crippen molar-refractivity contribution < 1.29 is 19.1 Å². The van der Waals surface area contributed by atoms with Gasteiger partial charge in [0.05, 0.1) is 25.3 Å². The standard InChI is InChI=1S/C31H32N4O4/c1-22(36)29-32-15-18-35(29)20-28-21-39-30(33-28)26-11-9-24(10-12-26)4-3-23-5-7-25(8-6-23)19-34-16-13-27(14-17-34)31(37)38-2/h5-12,15,18,21-22,27,36H,13-14,16-17,19-20H2,1-2H3/t22-/m0/s1. The molecule has 2 aromatic heterocycles. The van der Waals surface area contributed by atoms with Gasteiger partial charge in [0.1, 0.15) is 18.2 Å². The molecule has 8 heteroatoms. The van der Waals surface area contributed by atoms with Gasteiger partial charge in [-0.15, -0.1) is 0 Å². The highest BCUT2D eigenvalue weighted by molar-refractivity contribution is 5.72. The molecule has 2 aromatic carbocycles. The summed E-state index contributed by atoms with van der Waals surface area (Å²) in [4.78, 5) is 22.9. The van der Waals surface area contributed by atoms with Gasteiger partial charge in [0.25, 0.3) is 0 Å². The number of hydrogen-bond donors (Lipinski definition) is 1. The van der Waals surface area contributed by atoms with Crippen molar-refractivity contribution >= 4 is 5.97 Å². The maximum atomic E-state index is 11.7. The maximum absolute atomic E-state index is 11.7. The second-order valence-electron chi connectivity index (χ2n) is 9.83. The lowest BCUT2D eigenvalue weighted by atomic mass is 9.96. The van der Waals surface area contributed by atoms with Crippen LogP contribution in [0, 0.1) is 17.8 Å². The maximum Gasteiger partial charge on any atom is 0.308 e. The smallest absolute Gasteiger partial charge is 0.308 e. The second kappa shape index (κ2) is 12.1. The van der Waals surface area contributed by atoms with Crippen LogP contribution >= 0.6 is 0 Å². The van der Waals surface area contributed by atoms with E-state index in [1.807, 2.05) is 35.0 Å². The first kappa shape index (κ1) is 26.4. The van der Waals surface area contributed by atoms with E-state index >= 15 is 0 Å². The molecule has 1 saturated heterocycles. The molecule has 1 aliphatic heterocycles. The SMILES string of the molecule is COC(=O)C1CCN(Cc2ccc(C#Cc3ccc(-c4nc(Cn5ccnc5[C@H](C)O)co4)cc3)cc2)CC1. The summed E-state index contributed by atoms with van der Waals surface area (Å²) in [6.45, 7) is 4.84.